The number of ether oxygens (including phenoxy) is 1. The summed E-state index contributed by atoms with van der Waals surface area (Å²) in [5.41, 5.74) is 1.72. The molecule has 0 saturated carbocycles. The largest absolute Gasteiger partial charge is 0.480 e. The monoisotopic (exact) mass is 735 g/mol. The first-order chi connectivity index (χ1) is 24.1. The zero-order valence-electron chi connectivity index (χ0n) is 33.7. The molecule has 0 bridgehead atoms. The molecule has 0 aliphatic rings. The van der Waals surface area contributed by atoms with Crippen LogP contribution in [0.2, 0.25) is 0 Å². The van der Waals surface area contributed by atoms with Gasteiger partial charge in [-0.1, -0.05) is 58.8 Å². The maximum absolute atomic E-state index is 13.2. The van der Waals surface area contributed by atoms with Gasteiger partial charge < -0.3 is 35.2 Å². The second kappa shape index (κ2) is 23.4. The molecule has 0 heterocycles. The number of allylic oxidation sites excluding steroid dienone is 3. The van der Waals surface area contributed by atoms with Gasteiger partial charge in [-0.25, -0.2) is 9.59 Å². The Balaban J connectivity index is 5.35. The van der Waals surface area contributed by atoms with Crippen LogP contribution in [0.15, 0.2) is 23.3 Å². The lowest BCUT2D eigenvalue weighted by molar-refractivity contribution is -0.154. The lowest BCUT2D eigenvalue weighted by Gasteiger charge is -2.31. The topological polar surface area (TPSA) is 183 Å². The summed E-state index contributed by atoms with van der Waals surface area (Å²) < 4.78 is 5.60. The van der Waals surface area contributed by atoms with Crippen molar-refractivity contribution in [1.29, 1.82) is 0 Å². The van der Waals surface area contributed by atoms with E-state index in [1.807, 2.05) is 33.8 Å². The highest BCUT2D eigenvalue weighted by molar-refractivity contribution is 5.95. The van der Waals surface area contributed by atoms with E-state index in [0.29, 0.717) is 24.3 Å². The summed E-state index contributed by atoms with van der Waals surface area (Å²) in [5, 5.41) is 14.5. The van der Waals surface area contributed by atoms with Crippen LogP contribution in [-0.4, -0.2) is 120 Å². The molecule has 14 heteroatoms. The van der Waals surface area contributed by atoms with Gasteiger partial charge in [-0.2, -0.15) is 0 Å². The number of carboxylic acid groups (broad SMARTS) is 1. The van der Waals surface area contributed by atoms with E-state index in [1.54, 1.807) is 13.8 Å². The standard InChI is InChI=1S/C38H65N5O9/c1-14-24(5)20-25(6)17-16-18-27(8)38(51)52-30(19-23(3)4)34(46)39-28(9)35(47)42(12)22-32(45)41(11)21-31(44)40-33(26(7)15-2)36(48)43(13)29(10)37(49)50/h14,18,23,25-26,28-30,33H,15-17,19-22H2,1-13H3,(H,39,46)(H,40,44)(H,49,50)/b24-14+,27-18+/t25-,26?,28?,29?,30-,33?/m1/s1. The number of hydrogen-bond acceptors (Lipinski definition) is 8. The smallest absolute Gasteiger partial charge is 0.334 e. The van der Waals surface area contributed by atoms with Crippen molar-refractivity contribution in [3.05, 3.63) is 23.3 Å². The number of aliphatic carboxylic acids is 1. The van der Waals surface area contributed by atoms with Gasteiger partial charge in [0.25, 0.3) is 5.91 Å². The summed E-state index contributed by atoms with van der Waals surface area (Å²) in [7, 11) is 4.10. The quantitative estimate of drug-likeness (QED) is 0.0851. The summed E-state index contributed by atoms with van der Waals surface area (Å²) in [5.74, 6) is -4.63. The van der Waals surface area contributed by atoms with Gasteiger partial charge in [0.15, 0.2) is 6.10 Å². The van der Waals surface area contributed by atoms with E-state index in [9.17, 15) is 38.7 Å². The number of carbonyl (C=O) groups excluding carboxylic acids is 6. The van der Waals surface area contributed by atoms with Crippen molar-refractivity contribution in [2.24, 2.45) is 17.8 Å². The fraction of sp³-hybridized carbons (Fsp3) is 0.711. The van der Waals surface area contributed by atoms with Crippen molar-refractivity contribution in [2.45, 2.75) is 126 Å². The molecule has 0 aromatic rings. The van der Waals surface area contributed by atoms with Crippen LogP contribution in [0.25, 0.3) is 0 Å². The average Bonchev–Trinajstić information content (AvgIpc) is 3.07. The Morgan fingerprint density at radius 3 is 1.96 bits per heavy atom. The number of nitrogens with one attached hydrogen (secondary N) is 2. The van der Waals surface area contributed by atoms with Crippen molar-refractivity contribution in [1.82, 2.24) is 25.3 Å². The maximum atomic E-state index is 13.2. The molecule has 52 heavy (non-hydrogen) atoms. The normalized spacial score (nSPS) is 15.3. The van der Waals surface area contributed by atoms with Crippen LogP contribution >= 0.6 is 0 Å². The molecule has 0 aromatic carbocycles. The zero-order valence-corrected chi connectivity index (χ0v) is 33.7. The molecule has 0 fully saturated rings. The van der Waals surface area contributed by atoms with Gasteiger partial charge in [0.05, 0.1) is 13.1 Å². The van der Waals surface area contributed by atoms with Crippen LogP contribution in [0.1, 0.15) is 101 Å². The molecule has 0 aliphatic carbocycles. The maximum Gasteiger partial charge on any atom is 0.334 e. The third-order valence-corrected chi connectivity index (χ3v) is 9.19. The lowest BCUT2D eigenvalue weighted by atomic mass is 9.97. The molecule has 0 aliphatic heterocycles. The first-order valence-corrected chi connectivity index (χ1v) is 18.1. The van der Waals surface area contributed by atoms with Gasteiger partial charge >= 0.3 is 11.9 Å². The van der Waals surface area contributed by atoms with Crippen LogP contribution in [0.3, 0.4) is 0 Å². The first kappa shape index (κ1) is 47.8. The Kier molecular flexibility index (Phi) is 21.5. The molecule has 0 rings (SSSR count). The van der Waals surface area contributed by atoms with E-state index >= 15 is 0 Å². The molecular weight excluding hydrogens is 670 g/mol. The molecule has 3 N–H and O–H groups in total. The van der Waals surface area contributed by atoms with Gasteiger partial charge in [-0.15, -0.1) is 0 Å². The number of nitrogens with zero attached hydrogens (tertiary/aromatic N) is 3. The van der Waals surface area contributed by atoms with Crippen molar-refractivity contribution >= 4 is 41.5 Å². The molecular formula is C38H65N5O9. The fourth-order valence-electron chi connectivity index (χ4n) is 5.18. The second-order valence-electron chi connectivity index (χ2n) is 14.5. The van der Waals surface area contributed by atoms with Crippen LogP contribution in [0.4, 0.5) is 0 Å². The van der Waals surface area contributed by atoms with Crippen LogP contribution in [0, 0.1) is 17.8 Å². The highest BCUT2D eigenvalue weighted by Crippen LogP contribution is 2.18. The Morgan fingerprint density at radius 2 is 1.44 bits per heavy atom. The van der Waals surface area contributed by atoms with Crippen molar-refractivity contribution in [3.8, 4) is 0 Å². The highest BCUT2D eigenvalue weighted by atomic mass is 16.5. The number of carboxylic acids is 1. The summed E-state index contributed by atoms with van der Waals surface area (Å²) in [6.45, 7) is 17.3. The third kappa shape index (κ3) is 16.9. The van der Waals surface area contributed by atoms with Gasteiger partial charge in [0.1, 0.15) is 18.1 Å². The molecule has 0 aromatic heterocycles. The van der Waals surface area contributed by atoms with E-state index in [1.165, 1.54) is 40.6 Å². The predicted molar refractivity (Wildman–Crippen MR) is 200 cm³/mol. The lowest BCUT2D eigenvalue weighted by Crippen LogP contribution is -2.55. The Labute approximate surface area is 310 Å². The highest BCUT2D eigenvalue weighted by Gasteiger charge is 2.33. The second-order valence-corrected chi connectivity index (χ2v) is 14.5. The summed E-state index contributed by atoms with van der Waals surface area (Å²) >= 11 is 0. The van der Waals surface area contributed by atoms with Gasteiger partial charge in [-0.05, 0) is 78.1 Å². The number of likely N-dealkylation sites (N-methyl/N-ethyl adjacent to an activating group) is 3. The Bertz CT molecular complexity index is 1310. The molecule has 0 saturated heterocycles. The molecule has 4 unspecified atom stereocenters. The molecule has 0 spiro atoms. The minimum Gasteiger partial charge on any atom is -0.480 e. The number of hydrogen-bond donors (Lipinski definition) is 3. The van der Waals surface area contributed by atoms with E-state index < -0.39 is 78.8 Å². The van der Waals surface area contributed by atoms with E-state index in [2.05, 4.69) is 30.6 Å². The number of carbonyl (C=O) groups is 7. The van der Waals surface area contributed by atoms with Crippen LogP contribution < -0.4 is 10.6 Å². The van der Waals surface area contributed by atoms with Crippen molar-refractivity contribution in [2.75, 3.05) is 34.2 Å². The van der Waals surface area contributed by atoms with E-state index in [0.717, 1.165) is 27.5 Å². The van der Waals surface area contributed by atoms with Gasteiger partial charge in [-0.3, -0.25) is 24.0 Å². The summed E-state index contributed by atoms with van der Waals surface area (Å²) in [4.78, 5) is 92.8. The zero-order chi connectivity index (χ0) is 40.5. The van der Waals surface area contributed by atoms with E-state index in [4.69, 9.17) is 4.74 Å². The predicted octanol–water partition coefficient (Wildman–Crippen LogP) is 3.55. The summed E-state index contributed by atoms with van der Waals surface area (Å²) in [6.07, 6.45) is 6.13. The van der Waals surface area contributed by atoms with E-state index in [-0.39, 0.29) is 18.3 Å². The minimum atomic E-state index is -1.19. The summed E-state index contributed by atoms with van der Waals surface area (Å²) in [6, 6.07) is -3.17. The van der Waals surface area contributed by atoms with Gasteiger partial charge in [0, 0.05) is 26.7 Å². The Morgan fingerprint density at radius 1 is 0.846 bits per heavy atom. The molecule has 5 amide bonds. The average molecular weight is 736 g/mol. The van der Waals surface area contributed by atoms with Crippen LogP contribution in [0.5, 0.6) is 0 Å². The number of rotatable bonds is 22. The fourth-order valence-corrected chi connectivity index (χ4v) is 5.18. The van der Waals surface area contributed by atoms with Crippen molar-refractivity contribution in [3.63, 3.8) is 0 Å². The SMILES string of the molecule is C/C=C(\C)C[C@H](C)CC/C=C(\C)C(=O)O[C@H](CC(C)C)C(=O)NC(C)C(=O)N(C)CC(=O)N(C)CC(=O)NC(C(=O)N(C)C(C)C(=O)O)C(C)CC. The number of amides is 5. The first-order valence-electron chi connectivity index (χ1n) is 18.1. The molecule has 14 nitrogen and oxygen atoms in total. The number of esters is 1. The molecule has 6 atom stereocenters. The minimum absolute atomic E-state index is 0.00961. The molecule has 296 valence electrons. The Hall–Kier alpha value is -4.23. The van der Waals surface area contributed by atoms with Crippen LogP contribution in [-0.2, 0) is 38.3 Å². The third-order valence-electron chi connectivity index (χ3n) is 9.19. The van der Waals surface area contributed by atoms with Gasteiger partial charge in [0.2, 0.25) is 23.6 Å². The molecule has 0 radical (unpaired) electrons. The van der Waals surface area contributed by atoms with Crippen molar-refractivity contribution < 1.29 is 43.4 Å².